The monoisotopic (exact) mass is 338 g/mol. The van der Waals surface area contributed by atoms with Crippen LogP contribution in [-0.4, -0.2) is 50.3 Å². The minimum absolute atomic E-state index is 0.0741. The molecule has 2 bridgehead atoms. The third-order valence-electron chi connectivity index (χ3n) is 4.78. The molecule has 0 aliphatic carbocycles. The van der Waals surface area contributed by atoms with Gasteiger partial charge in [-0.3, -0.25) is 4.79 Å². The fourth-order valence-electron chi connectivity index (χ4n) is 3.55. The molecule has 1 atom stereocenters. The molecule has 0 saturated carbocycles. The van der Waals surface area contributed by atoms with Crippen molar-refractivity contribution in [3.05, 3.63) is 35.4 Å². The summed E-state index contributed by atoms with van der Waals surface area (Å²) in [7, 11) is 0. The van der Waals surface area contributed by atoms with Crippen LogP contribution in [0.4, 0.5) is 0 Å². The van der Waals surface area contributed by atoms with E-state index in [0.717, 1.165) is 38.0 Å². The van der Waals surface area contributed by atoms with Crippen molar-refractivity contribution in [3.8, 4) is 0 Å². The molecule has 116 valence electrons. The van der Waals surface area contributed by atoms with Gasteiger partial charge in [-0.15, -0.1) is 0 Å². The highest BCUT2D eigenvalue weighted by molar-refractivity contribution is 6.31. The lowest BCUT2D eigenvalue weighted by atomic mass is 9.84. The first kappa shape index (κ1) is 14.3. The molecule has 2 aromatic heterocycles. The highest BCUT2D eigenvalue weighted by Crippen LogP contribution is 2.32. The second-order valence-electron chi connectivity index (χ2n) is 6.09. The Hall–Kier alpha value is -1.30. The first-order chi connectivity index (χ1) is 10.6. The number of carbonyl (C=O) groups excluding carboxylic acids is 1. The van der Waals surface area contributed by atoms with Crippen molar-refractivity contribution in [2.24, 2.45) is 5.92 Å². The van der Waals surface area contributed by atoms with Gasteiger partial charge in [-0.1, -0.05) is 11.6 Å². The Balaban J connectivity index is 1.59. The summed E-state index contributed by atoms with van der Waals surface area (Å²) in [6.45, 7) is 3.10. The van der Waals surface area contributed by atoms with E-state index in [1.165, 1.54) is 4.42 Å². The van der Waals surface area contributed by atoms with Crippen molar-refractivity contribution >= 4 is 34.8 Å². The van der Waals surface area contributed by atoms with Gasteiger partial charge < -0.3 is 9.30 Å². The third-order valence-corrected chi connectivity index (χ3v) is 5.39. The van der Waals surface area contributed by atoms with Crippen LogP contribution < -0.4 is 0 Å². The zero-order chi connectivity index (χ0) is 15.3. The summed E-state index contributed by atoms with van der Waals surface area (Å²) in [6.07, 6.45) is 5.57. The maximum atomic E-state index is 12.6. The summed E-state index contributed by atoms with van der Waals surface area (Å²) in [5.74, 6) is 0.262. The van der Waals surface area contributed by atoms with E-state index in [4.69, 9.17) is 23.4 Å². The molecule has 22 heavy (non-hydrogen) atoms. The van der Waals surface area contributed by atoms with Gasteiger partial charge in [0.2, 0.25) is 0 Å². The van der Waals surface area contributed by atoms with Crippen LogP contribution in [0.25, 0.3) is 5.52 Å². The Labute approximate surface area is 138 Å². The van der Waals surface area contributed by atoms with E-state index in [2.05, 4.69) is 9.88 Å². The molecule has 0 spiro atoms. The topological polar surface area (TPSA) is 40.9 Å². The zero-order valence-electron chi connectivity index (χ0n) is 12.0. The fraction of sp³-hybridized carbons (Fsp3) is 0.467. The number of hydrogen-bond acceptors (Lipinski definition) is 3. The van der Waals surface area contributed by atoms with Crippen LogP contribution in [0, 0.1) is 5.92 Å². The molecule has 0 unspecified atom stereocenters. The van der Waals surface area contributed by atoms with Gasteiger partial charge in [0.25, 0.3) is 5.91 Å². The van der Waals surface area contributed by atoms with Gasteiger partial charge in [0, 0.05) is 24.5 Å². The summed E-state index contributed by atoms with van der Waals surface area (Å²) in [5.41, 5.74) is 1.19. The summed E-state index contributed by atoms with van der Waals surface area (Å²) in [4.78, 5) is 19.2. The van der Waals surface area contributed by atoms with Gasteiger partial charge in [-0.25, -0.2) is 9.40 Å². The van der Waals surface area contributed by atoms with E-state index in [-0.39, 0.29) is 11.9 Å². The Kier molecular flexibility index (Phi) is 3.51. The number of rotatable bonds is 2. The lowest BCUT2D eigenvalue weighted by molar-refractivity contribution is 0.0338. The van der Waals surface area contributed by atoms with Crippen LogP contribution in [0.2, 0.25) is 5.02 Å². The molecule has 3 aliphatic rings. The van der Waals surface area contributed by atoms with Crippen molar-refractivity contribution in [1.82, 2.24) is 18.7 Å². The van der Waals surface area contributed by atoms with Crippen LogP contribution in [0.1, 0.15) is 23.3 Å². The Morgan fingerprint density at radius 3 is 2.77 bits per heavy atom. The molecule has 2 aromatic rings. The van der Waals surface area contributed by atoms with E-state index < -0.39 is 0 Å². The third kappa shape index (κ3) is 2.37. The molecule has 3 aliphatic heterocycles. The van der Waals surface area contributed by atoms with Crippen LogP contribution in [0.15, 0.2) is 24.7 Å². The lowest BCUT2D eigenvalue weighted by Gasteiger charge is -2.46. The number of hydrogen-bond donors (Lipinski definition) is 0. The zero-order valence-corrected chi connectivity index (χ0v) is 13.5. The van der Waals surface area contributed by atoms with Gasteiger partial charge in [0.1, 0.15) is 12.0 Å². The largest absolute Gasteiger partial charge is 0.306 e. The standard InChI is InChI=1S/C15H16Cl2N4O/c16-11-5-12-6-13(18-9-20(12)7-11)15(22)21(17)14-8-19-3-1-10(14)2-4-19/h5-7,9-10,14H,1-4,8H2/t14-/m0/s1. The number of piperidine rings is 3. The van der Waals surface area contributed by atoms with E-state index in [1.54, 1.807) is 29.1 Å². The number of halogens is 2. The first-order valence-corrected chi connectivity index (χ1v) is 8.18. The Morgan fingerprint density at radius 2 is 2.09 bits per heavy atom. The minimum atomic E-state index is -0.236. The SMILES string of the molecule is O=C(c1cc2cc(Cl)cn2cn1)N(Cl)[C@H]1CN2CCC1CC2. The van der Waals surface area contributed by atoms with Crippen LogP contribution in [0.5, 0.6) is 0 Å². The maximum absolute atomic E-state index is 12.6. The van der Waals surface area contributed by atoms with Crippen molar-refractivity contribution in [2.45, 2.75) is 18.9 Å². The Morgan fingerprint density at radius 1 is 1.32 bits per heavy atom. The highest BCUT2D eigenvalue weighted by Gasteiger charge is 2.39. The molecule has 0 radical (unpaired) electrons. The minimum Gasteiger partial charge on any atom is -0.306 e. The van der Waals surface area contributed by atoms with Gasteiger partial charge >= 0.3 is 0 Å². The van der Waals surface area contributed by atoms with Crippen molar-refractivity contribution < 1.29 is 4.79 Å². The fourth-order valence-corrected chi connectivity index (χ4v) is 4.07. The van der Waals surface area contributed by atoms with Crippen LogP contribution in [-0.2, 0) is 0 Å². The van der Waals surface area contributed by atoms with E-state index >= 15 is 0 Å². The van der Waals surface area contributed by atoms with Gasteiger partial charge in [-0.05, 0) is 44.0 Å². The Bertz CT molecular complexity index is 723. The van der Waals surface area contributed by atoms with Gasteiger partial charge in [0.15, 0.2) is 0 Å². The molecule has 5 nitrogen and oxygen atoms in total. The van der Waals surface area contributed by atoms with Crippen molar-refractivity contribution in [2.75, 3.05) is 19.6 Å². The maximum Gasteiger partial charge on any atom is 0.287 e. The molecule has 0 aromatic carbocycles. The quantitative estimate of drug-likeness (QED) is 0.790. The number of aromatic nitrogens is 2. The van der Waals surface area contributed by atoms with E-state index in [9.17, 15) is 4.79 Å². The molecule has 5 rings (SSSR count). The molecule has 0 N–H and O–H groups in total. The van der Waals surface area contributed by atoms with Crippen molar-refractivity contribution in [3.63, 3.8) is 0 Å². The molecule has 5 heterocycles. The van der Waals surface area contributed by atoms with Gasteiger partial charge in [-0.2, -0.15) is 0 Å². The smallest absolute Gasteiger partial charge is 0.287 e. The summed E-state index contributed by atoms with van der Waals surface area (Å²) < 4.78 is 3.14. The molecule has 1 amide bonds. The molecule has 7 heteroatoms. The summed E-state index contributed by atoms with van der Waals surface area (Å²) >= 11 is 12.3. The predicted octanol–water partition coefficient (Wildman–Crippen LogP) is 2.68. The second kappa shape index (κ2) is 5.41. The second-order valence-corrected chi connectivity index (χ2v) is 6.89. The number of amides is 1. The lowest BCUT2D eigenvalue weighted by Crippen LogP contribution is -2.56. The summed E-state index contributed by atoms with van der Waals surface area (Å²) in [5, 5.41) is 0.617. The first-order valence-electron chi connectivity index (χ1n) is 7.47. The summed E-state index contributed by atoms with van der Waals surface area (Å²) in [6, 6.07) is 3.60. The molecule has 3 saturated heterocycles. The molecule has 3 fully saturated rings. The molecular weight excluding hydrogens is 323 g/mol. The predicted molar refractivity (Wildman–Crippen MR) is 85.2 cm³/mol. The highest BCUT2D eigenvalue weighted by atomic mass is 35.5. The van der Waals surface area contributed by atoms with E-state index in [1.807, 2.05) is 0 Å². The molecular formula is C15H16Cl2N4O. The average Bonchev–Trinajstić information content (AvgIpc) is 2.93. The van der Waals surface area contributed by atoms with Crippen molar-refractivity contribution in [1.29, 1.82) is 0 Å². The van der Waals surface area contributed by atoms with Gasteiger partial charge in [0.05, 0.1) is 16.6 Å². The number of carbonyl (C=O) groups is 1. The average molecular weight is 339 g/mol. The van der Waals surface area contributed by atoms with E-state index in [0.29, 0.717) is 16.6 Å². The number of nitrogens with zero attached hydrogens (tertiary/aromatic N) is 4. The van der Waals surface area contributed by atoms with Crippen LogP contribution in [0.3, 0.4) is 0 Å². The number of fused-ring (bicyclic) bond motifs is 4. The van der Waals surface area contributed by atoms with Crippen LogP contribution >= 0.6 is 23.4 Å². The normalized spacial score (nSPS) is 27.3.